The first-order chi connectivity index (χ1) is 8.21. The Bertz CT molecular complexity index is 385. The molecule has 0 bridgehead atoms. The molecule has 0 aromatic heterocycles. The fraction of sp³-hybridized carbons (Fsp3) is 0.364. The molecule has 0 fully saturated rings. The van der Waals surface area contributed by atoms with Crippen molar-refractivity contribution in [1.82, 2.24) is 5.32 Å². The lowest BCUT2D eigenvalue weighted by atomic mass is 10.3. The molecule has 0 radical (unpaired) electrons. The van der Waals surface area contributed by atoms with Crippen molar-refractivity contribution in [3.8, 4) is 11.5 Å². The molecule has 6 heteroatoms. The second kappa shape index (κ2) is 6.93. The molecule has 3 N–H and O–H groups in total. The normalized spacial score (nSPS) is 9.59. The van der Waals surface area contributed by atoms with Crippen LogP contribution in [0.2, 0.25) is 0 Å². The first-order valence-electron chi connectivity index (χ1n) is 5.09. The average Bonchev–Trinajstić information content (AvgIpc) is 2.36. The van der Waals surface area contributed by atoms with Crippen molar-refractivity contribution in [2.24, 2.45) is 0 Å². The second-order valence-electron chi connectivity index (χ2n) is 3.17. The fourth-order valence-electron chi connectivity index (χ4n) is 1.26. The van der Waals surface area contributed by atoms with Crippen molar-refractivity contribution in [3.05, 3.63) is 18.2 Å². The highest BCUT2D eigenvalue weighted by atomic mass is 32.1. The zero-order valence-corrected chi connectivity index (χ0v) is 10.6. The molecule has 0 amide bonds. The van der Waals surface area contributed by atoms with E-state index in [1.54, 1.807) is 26.4 Å². The lowest BCUT2D eigenvalue weighted by Crippen LogP contribution is -2.30. The van der Waals surface area contributed by atoms with Crippen LogP contribution in [0.15, 0.2) is 18.2 Å². The van der Waals surface area contributed by atoms with E-state index >= 15 is 0 Å². The minimum atomic E-state index is 0.0355. The fourth-order valence-corrected chi connectivity index (χ4v) is 1.48. The van der Waals surface area contributed by atoms with Crippen LogP contribution in [0, 0.1) is 0 Å². The van der Waals surface area contributed by atoms with Gasteiger partial charge in [0.15, 0.2) is 16.6 Å². The van der Waals surface area contributed by atoms with Gasteiger partial charge in [-0.25, -0.2) is 0 Å². The Morgan fingerprint density at radius 1 is 1.29 bits per heavy atom. The number of methoxy groups -OCH3 is 2. The van der Waals surface area contributed by atoms with Gasteiger partial charge in [-0.1, -0.05) is 0 Å². The summed E-state index contributed by atoms with van der Waals surface area (Å²) < 4.78 is 10.3. The van der Waals surface area contributed by atoms with Crippen LogP contribution in [0.5, 0.6) is 11.5 Å². The van der Waals surface area contributed by atoms with Crippen LogP contribution >= 0.6 is 12.2 Å². The molecule has 94 valence electrons. The van der Waals surface area contributed by atoms with Crippen LogP contribution in [-0.2, 0) is 0 Å². The van der Waals surface area contributed by atoms with Gasteiger partial charge >= 0.3 is 0 Å². The van der Waals surface area contributed by atoms with E-state index in [-0.39, 0.29) is 6.61 Å². The highest BCUT2D eigenvalue weighted by Crippen LogP contribution is 2.29. The molecule has 0 heterocycles. The molecule has 0 aliphatic carbocycles. The third-order valence-corrected chi connectivity index (χ3v) is 2.29. The Morgan fingerprint density at radius 2 is 2.00 bits per heavy atom. The number of hydrogen-bond donors (Lipinski definition) is 3. The molecule has 0 atom stereocenters. The van der Waals surface area contributed by atoms with Gasteiger partial charge in [-0.2, -0.15) is 0 Å². The van der Waals surface area contributed by atoms with E-state index in [0.29, 0.717) is 23.2 Å². The molecular formula is C11H16N2O3S. The highest BCUT2D eigenvalue weighted by molar-refractivity contribution is 7.80. The molecule has 1 rings (SSSR count). The summed E-state index contributed by atoms with van der Waals surface area (Å²) in [6.45, 7) is 0.451. The summed E-state index contributed by atoms with van der Waals surface area (Å²) in [6.07, 6.45) is 0. The molecule has 1 aromatic rings. The zero-order valence-electron chi connectivity index (χ0n) is 9.82. The number of aliphatic hydroxyl groups excluding tert-OH is 1. The van der Waals surface area contributed by atoms with E-state index in [1.165, 1.54) is 0 Å². The summed E-state index contributed by atoms with van der Waals surface area (Å²) in [7, 11) is 3.16. The Labute approximate surface area is 106 Å². The van der Waals surface area contributed by atoms with Crippen LogP contribution in [0.4, 0.5) is 5.69 Å². The summed E-state index contributed by atoms with van der Waals surface area (Å²) in [6, 6.07) is 5.40. The van der Waals surface area contributed by atoms with Gasteiger partial charge in [0.05, 0.1) is 20.8 Å². The number of hydrogen-bond acceptors (Lipinski definition) is 4. The molecule has 0 aliphatic heterocycles. The van der Waals surface area contributed by atoms with Gasteiger partial charge in [-0.3, -0.25) is 0 Å². The van der Waals surface area contributed by atoms with Gasteiger partial charge < -0.3 is 25.2 Å². The van der Waals surface area contributed by atoms with Crippen LogP contribution in [0.3, 0.4) is 0 Å². The van der Waals surface area contributed by atoms with Gasteiger partial charge in [0.2, 0.25) is 0 Å². The molecular weight excluding hydrogens is 240 g/mol. The third-order valence-electron chi connectivity index (χ3n) is 2.04. The number of nitrogens with one attached hydrogen (secondary N) is 2. The Balaban J connectivity index is 2.68. The van der Waals surface area contributed by atoms with Crippen molar-refractivity contribution in [3.63, 3.8) is 0 Å². The summed E-state index contributed by atoms with van der Waals surface area (Å²) in [5.41, 5.74) is 0.790. The smallest absolute Gasteiger partial charge is 0.170 e. The Kier molecular flexibility index (Phi) is 5.51. The van der Waals surface area contributed by atoms with Crippen molar-refractivity contribution >= 4 is 23.0 Å². The van der Waals surface area contributed by atoms with E-state index < -0.39 is 0 Å². The van der Waals surface area contributed by atoms with Crippen LogP contribution in [-0.4, -0.2) is 37.6 Å². The summed E-state index contributed by atoms with van der Waals surface area (Å²) >= 11 is 5.04. The van der Waals surface area contributed by atoms with Crippen LogP contribution in [0.25, 0.3) is 0 Å². The second-order valence-corrected chi connectivity index (χ2v) is 3.58. The zero-order chi connectivity index (χ0) is 12.7. The number of thiocarbonyl (C=S) groups is 1. The SMILES string of the molecule is COc1ccc(NC(=S)NCCO)cc1OC. The topological polar surface area (TPSA) is 62.8 Å². The molecule has 0 saturated carbocycles. The average molecular weight is 256 g/mol. The molecule has 0 spiro atoms. The molecule has 1 aromatic carbocycles. The van der Waals surface area contributed by atoms with Crippen molar-refractivity contribution in [2.75, 3.05) is 32.7 Å². The Morgan fingerprint density at radius 3 is 2.59 bits per heavy atom. The van der Waals surface area contributed by atoms with Crippen molar-refractivity contribution < 1.29 is 14.6 Å². The molecule has 0 aliphatic rings. The number of benzene rings is 1. The standard InChI is InChI=1S/C11H16N2O3S/c1-15-9-4-3-8(7-10(9)16-2)13-11(17)12-5-6-14/h3-4,7,14H,5-6H2,1-2H3,(H2,12,13,17). The lowest BCUT2D eigenvalue weighted by molar-refractivity contribution is 0.300. The first-order valence-corrected chi connectivity index (χ1v) is 5.49. The minimum absolute atomic E-state index is 0.0355. The van der Waals surface area contributed by atoms with E-state index in [1.807, 2.05) is 6.07 Å². The van der Waals surface area contributed by atoms with Gasteiger partial charge in [-0.05, 0) is 24.4 Å². The van der Waals surface area contributed by atoms with Crippen molar-refractivity contribution in [1.29, 1.82) is 0 Å². The molecule has 5 nitrogen and oxygen atoms in total. The van der Waals surface area contributed by atoms with E-state index in [9.17, 15) is 0 Å². The molecule has 0 unspecified atom stereocenters. The predicted octanol–water partition coefficient (Wildman–Crippen LogP) is 0.982. The summed E-state index contributed by atoms with van der Waals surface area (Å²) in [4.78, 5) is 0. The van der Waals surface area contributed by atoms with Crippen LogP contribution < -0.4 is 20.1 Å². The predicted molar refractivity (Wildman–Crippen MR) is 70.9 cm³/mol. The van der Waals surface area contributed by atoms with Crippen LogP contribution in [0.1, 0.15) is 0 Å². The number of rotatable bonds is 5. The lowest BCUT2D eigenvalue weighted by Gasteiger charge is -2.12. The van der Waals surface area contributed by atoms with Gasteiger partial charge in [-0.15, -0.1) is 0 Å². The maximum absolute atomic E-state index is 8.65. The highest BCUT2D eigenvalue weighted by Gasteiger charge is 2.05. The largest absolute Gasteiger partial charge is 0.493 e. The van der Waals surface area contributed by atoms with Gasteiger partial charge in [0.1, 0.15) is 0 Å². The molecule has 17 heavy (non-hydrogen) atoms. The number of ether oxygens (including phenoxy) is 2. The van der Waals surface area contributed by atoms with E-state index in [4.69, 9.17) is 26.8 Å². The molecule has 0 saturated heterocycles. The van der Waals surface area contributed by atoms with Crippen molar-refractivity contribution in [2.45, 2.75) is 0 Å². The Hall–Kier alpha value is -1.53. The van der Waals surface area contributed by atoms with E-state index in [2.05, 4.69) is 10.6 Å². The maximum Gasteiger partial charge on any atom is 0.170 e. The monoisotopic (exact) mass is 256 g/mol. The van der Waals surface area contributed by atoms with E-state index in [0.717, 1.165) is 5.69 Å². The quantitative estimate of drug-likeness (QED) is 0.683. The number of anilines is 1. The number of aliphatic hydroxyl groups is 1. The van der Waals surface area contributed by atoms with Gasteiger partial charge in [0, 0.05) is 18.3 Å². The third kappa shape index (κ3) is 4.08. The summed E-state index contributed by atoms with van der Waals surface area (Å²) in [5.74, 6) is 1.29. The van der Waals surface area contributed by atoms with Gasteiger partial charge in [0.25, 0.3) is 0 Å². The minimum Gasteiger partial charge on any atom is -0.493 e. The maximum atomic E-state index is 8.65. The summed E-state index contributed by atoms with van der Waals surface area (Å²) in [5, 5.41) is 14.9. The first kappa shape index (κ1) is 13.5.